The summed E-state index contributed by atoms with van der Waals surface area (Å²) in [7, 11) is 1.90. The van der Waals surface area contributed by atoms with Gasteiger partial charge in [-0.15, -0.1) is 0 Å². The summed E-state index contributed by atoms with van der Waals surface area (Å²) in [5.41, 5.74) is 1.68. The van der Waals surface area contributed by atoms with Crippen molar-refractivity contribution in [3.8, 4) is 0 Å². The molecule has 3 aromatic rings. The monoisotopic (exact) mass is 370 g/mol. The van der Waals surface area contributed by atoms with Crippen LogP contribution in [0, 0.1) is 5.82 Å². The van der Waals surface area contributed by atoms with E-state index in [1.807, 2.05) is 42.3 Å². The Balaban J connectivity index is 1.66. The Morgan fingerprint density at radius 1 is 1.15 bits per heavy atom. The number of halogens is 2. The molecule has 0 aliphatic rings. The number of hydrogen-bond donors (Lipinski definition) is 1. The normalized spacial score (nSPS) is 10.4. The van der Waals surface area contributed by atoms with Crippen LogP contribution in [0.25, 0.3) is 0 Å². The van der Waals surface area contributed by atoms with Crippen LogP contribution in [0.1, 0.15) is 16.1 Å². The number of carbonyl (C=O) groups is 1. The van der Waals surface area contributed by atoms with Crippen molar-refractivity contribution in [2.45, 2.75) is 6.54 Å². The Bertz CT molecular complexity index is 903. The summed E-state index contributed by atoms with van der Waals surface area (Å²) in [5, 5.41) is 2.55. The molecular formula is C19H16ClFN4O. The largest absolute Gasteiger partial charge is 0.354 e. The van der Waals surface area contributed by atoms with Crippen LogP contribution in [0.3, 0.4) is 0 Å². The predicted molar refractivity (Wildman–Crippen MR) is 99.9 cm³/mol. The molecule has 0 saturated carbocycles. The highest BCUT2D eigenvalue weighted by molar-refractivity contribution is 6.31. The summed E-state index contributed by atoms with van der Waals surface area (Å²) in [6.07, 6.45) is 2.94. The van der Waals surface area contributed by atoms with Gasteiger partial charge in [0, 0.05) is 19.3 Å². The molecule has 26 heavy (non-hydrogen) atoms. The zero-order valence-electron chi connectivity index (χ0n) is 14.0. The Hall–Kier alpha value is -2.99. The molecule has 1 amide bonds. The number of nitrogens with zero attached hydrogens (tertiary/aromatic N) is 3. The second-order valence-electron chi connectivity index (χ2n) is 5.68. The number of benzene rings is 2. The third-order valence-corrected chi connectivity index (χ3v) is 3.99. The minimum absolute atomic E-state index is 0.0632. The molecule has 0 bridgehead atoms. The van der Waals surface area contributed by atoms with Crippen molar-refractivity contribution in [3.05, 3.63) is 83.0 Å². The summed E-state index contributed by atoms with van der Waals surface area (Å²) < 4.78 is 13.2. The second-order valence-corrected chi connectivity index (χ2v) is 6.09. The van der Waals surface area contributed by atoms with Crippen molar-refractivity contribution in [1.82, 2.24) is 9.97 Å². The van der Waals surface area contributed by atoms with Crippen LogP contribution < -0.4 is 10.2 Å². The maximum Gasteiger partial charge on any atom is 0.275 e. The average molecular weight is 371 g/mol. The minimum atomic E-state index is -0.546. The van der Waals surface area contributed by atoms with Gasteiger partial charge in [0.15, 0.2) is 0 Å². The minimum Gasteiger partial charge on any atom is -0.354 e. The molecule has 0 fully saturated rings. The van der Waals surface area contributed by atoms with Gasteiger partial charge in [-0.25, -0.2) is 14.4 Å². The van der Waals surface area contributed by atoms with Crippen LogP contribution in [-0.4, -0.2) is 22.9 Å². The fraction of sp³-hybridized carbons (Fsp3) is 0.105. The van der Waals surface area contributed by atoms with E-state index in [0.717, 1.165) is 5.56 Å². The van der Waals surface area contributed by atoms with Gasteiger partial charge >= 0.3 is 0 Å². The van der Waals surface area contributed by atoms with Crippen LogP contribution in [0.5, 0.6) is 0 Å². The van der Waals surface area contributed by atoms with Crippen LogP contribution in [0.15, 0.2) is 60.9 Å². The maximum atomic E-state index is 13.2. The van der Waals surface area contributed by atoms with Crippen molar-refractivity contribution in [2.24, 2.45) is 0 Å². The highest BCUT2D eigenvalue weighted by Gasteiger charge is 2.11. The lowest BCUT2D eigenvalue weighted by atomic mass is 10.2. The number of hydrogen-bond acceptors (Lipinski definition) is 4. The summed E-state index contributed by atoms with van der Waals surface area (Å²) in [6.45, 7) is 0.676. The lowest BCUT2D eigenvalue weighted by Crippen LogP contribution is -2.19. The summed E-state index contributed by atoms with van der Waals surface area (Å²) in [5.74, 6) is -0.345. The van der Waals surface area contributed by atoms with E-state index in [9.17, 15) is 9.18 Å². The quantitative estimate of drug-likeness (QED) is 0.732. The molecule has 1 aromatic heterocycles. The molecule has 0 saturated heterocycles. The molecule has 132 valence electrons. The zero-order valence-corrected chi connectivity index (χ0v) is 14.7. The third kappa shape index (κ3) is 4.34. The van der Waals surface area contributed by atoms with Gasteiger partial charge < -0.3 is 10.2 Å². The highest BCUT2D eigenvalue weighted by Crippen LogP contribution is 2.20. The molecule has 3 rings (SSSR count). The second kappa shape index (κ2) is 7.93. The Morgan fingerprint density at radius 3 is 2.58 bits per heavy atom. The molecule has 5 nitrogen and oxygen atoms in total. The molecule has 0 atom stereocenters. The van der Waals surface area contributed by atoms with Gasteiger partial charge in [0.2, 0.25) is 0 Å². The first-order chi connectivity index (χ1) is 12.5. The molecular weight excluding hydrogens is 355 g/mol. The molecule has 0 aliphatic carbocycles. The fourth-order valence-corrected chi connectivity index (χ4v) is 2.52. The lowest BCUT2D eigenvalue weighted by Gasteiger charge is -2.17. The smallest absolute Gasteiger partial charge is 0.275 e. The number of carbonyl (C=O) groups excluding carboxylic acids is 1. The third-order valence-electron chi connectivity index (χ3n) is 3.70. The van der Waals surface area contributed by atoms with Crippen LogP contribution >= 0.6 is 11.6 Å². The SMILES string of the molecule is CN(Cc1ccccc1)c1cnc(C(=O)Nc2ccc(F)c(Cl)c2)cn1. The van der Waals surface area contributed by atoms with E-state index in [-0.39, 0.29) is 10.7 Å². The molecule has 1 heterocycles. The summed E-state index contributed by atoms with van der Waals surface area (Å²) in [4.78, 5) is 22.6. The lowest BCUT2D eigenvalue weighted by molar-refractivity contribution is 0.102. The van der Waals surface area contributed by atoms with Gasteiger partial charge in [0.05, 0.1) is 17.4 Å². The van der Waals surface area contributed by atoms with Crippen LogP contribution in [0.2, 0.25) is 5.02 Å². The number of amides is 1. The molecule has 7 heteroatoms. The number of anilines is 2. The van der Waals surface area contributed by atoms with E-state index in [1.165, 1.54) is 30.6 Å². The van der Waals surface area contributed by atoms with Gasteiger partial charge in [-0.2, -0.15) is 0 Å². The maximum absolute atomic E-state index is 13.2. The number of aromatic nitrogens is 2. The van der Waals surface area contributed by atoms with E-state index >= 15 is 0 Å². The zero-order chi connectivity index (χ0) is 18.5. The van der Waals surface area contributed by atoms with E-state index in [2.05, 4.69) is 15.3 Å². The van der Waals surface area contributed by atoms with Gasteiger partial charge in [-0.1, -0.05) is 41.9 Å². The molecule has 0 radical (unpaired) electrons. The van der Waals surface area contributed by atoms with Crippen molar-refractivity contribution in [1.29, 1.82) is 0 Å². The molecule has 0 unspecified atom stereocenters. The fourth-order valence-electron chi connectivity index (χ4n) is 2.34. The Morgan fingerprint density at radius 2 is 1.92 bits per heavy atom. The predicted octanol–water partition coefficient (Wildman–Crippen LogP) is 4.16. The Labute approximate surface area is 155 Å². The molecule has 1 N–H and O–H groups in total. The van der Waals surface area contributed by atoms with Crippen molar-refractivity contribution >= 4 is 29.0 Å². The van der Waals surface area contributed by atoms with Gasteiger partial charge in [0.25, 0.3) is 5.91 Å². The highest BCUT2D eigenvalue weighted by atomic mass is 35.5. The average Bonchev–Trinajstić information content (AvgIpc) is 2.65. The van der Waals surface area contributed by atoms with Crippen molar-refractivity contribution in [2.75, 3.05) is 17.3 Å². The van der Waals surface area contributed by atoms with Crippen LogP contribution in [-0.2, 0) is 6.54 Å². The molecule has 0 spiro atoms. The molecule has 2 aromatic carbocycles. The van der Waals surface area contributed by atoms with E-state index < -0.39 is 11.7 Å². The number of nitrogens with one attached hydrogen (secondary N) is 1. The van der Waals surface area contributed by atoms with Crippen molar-refractivity contribution in [3.63, 3.8) is 0 Å². The first-order valence-electron chi connectivity index (χ1n) is 7.86. The van der Waals surface area contributed by atoms with E-state index in [1.54, 1.807) is 0 Å². The first-order valence-corrected chi connectivity index (χ1v) is 8.24. The van der Waals surface area contributed by atoms with Gasteiger partial charge in [-0.3, -0.25) is 4.79 Å². The Kier molecular flexibility index (Phi) is 5.43. The van der Waals surface area contributed by atoms with Crippen LogP contribution in [0.4, 0.5) is 15.9 Å². The van der Waals surface area contributed by atoms with Gasteiger partial charge in [-0.05, 0) is 23.8 Å². The molecule has 0 aliphatic heterocycles. The first kappa shape index (κ1) is 17.8. The topological polar surface area (TPSA) is 58.1 Å². The number of rotatable bonds is 5. The van der Waals surface area contributed by atoms with Gasteiger partial charge in [0.1, 0.15) is 17.3 Å². The van der Waals surface area contributed by atoms with E-state index in [0.29, 0.717) is 18.1 Å². The standard InChI is InChI=1S/C19H16ClFN4O/c1-25(12-13-5-3-2-4-6-13)18-11-22-17(10-23-18)19(26)24-14-7-8-16(21)15(20)9-14/h2-11H,12H2,1H3,(H,24,26). The summed E-state index contributed by atoms with van der Waals surface area (Å²) >= 11 is 5.71. The van der Waals surface area contributed by atoms with Crippen molar-refractivity contribution < 1.29 is 9.18 Å². The van der Waals surface area contributed by atoms with E-state index in [4.69, 9.17) is 11.6 Å². The summed E-state index contributed by atoms with van der Waals surface area (Å²) in [6, 6.07) is 13.9.